The summed E-state index contributed by atoms with van der Waals surface area (Å²) in [4.78, 5) is 14.2. The van der Waals surface area contributed by atoms with Crippen LogP contribution in [0.5, 0.6) is 5.75 Å². The van der Waals surface area contributed by atoms with Gasteiger partial charge in [-0.1, -0.05) is 13.8 Å². The number of carbonyl (C=O) groups excluding carboxylic acids is 1. The molecule has 1 aromatic rings. The van der Waals surface area contributed by atoms with Crippen LogP contribution in [-0.4, -0.2) is 36.9 Å². The van der Waals surface area contributed by atoms with Gasteiger partial charge in [-0.3, -0.25) is 9.69 Å². The van der Waals surface area contributed by atoms with Gasteiger partial charge in [0.2, 0.25) is 0 Å². The highest BCUT2D eigenvalue weighted by molar-refractivity contribution is 5.96. The largest absolute Gasteiger partial charge is 0.492 e. The fraction of sp³-hybridized carbons (Fsp3) is 0.611. The Kier molecular flexibility index (Phi) is 5.40. The van der Waals surface area contributed by atoms with Crippen LogP contribution in [-0.2, 0) is 0 Å². The molecule has 1 heterocycles. The van der Waals surface area contributed by atoms with Crippen molar-refractivity contribution >= 4 is 5.78 Å². The molecule has 0 atom stereocenters. The summed E-state index contributed by atoms with van der Waals surface area (Å²) in [6.45, 7) is 12.0. The van der Waals surface area contributed by atoms with E-state index in [0.29, 0.717) is 5.92 Å². The van der Waals surface area contributed by atoms with E-state index in [2.05, 4.69) is 24.8 Å². The number of hydrogen-bond acceptors (Lipinski definition) is 3. The monoisotopic (exact) mass is 289 g/mol. The molecule has 0 unspecified atom stereocenters. The molecule has 0 bridgehead atoms. The standard InChI is InChI=1S/C18H27NO2/c1-13(2)16-12-18(14(3)11-17(16)15(4)20)21-10-9-19-7-5-6-8-19/h11-13H,5-10H2,1-4H3. The zero-order chi connectivity index (χ0) is 15.4. The molecule has 0 saturated carbocycles. The van der Waals surface area contributed by atoms with Crippen LogP contribution in [0.25, 0.3) is 0 Å². The van der Waals surface area contributed by atoms with Crippen molar-refractivity contribution in [3.05, 3.63) is 28.8 Å². The molecular weight excluding hydrogens is 262 g/mol. The minimum absolute atomic E-state index is 0.130. The number of hydrogen-bond donors (Lipinski definition) is 0. The van der Waals surface area contributed by atoms with Crippen LogP contribution >= 0.6 is 0 Å². The average molecular weight is 289 g/mol. The summed E-state index contributed by atoms with van der Waals surface area (Å²) in [6.07, 6.45) is 2.62. The van der Waals surface area contributed by atoms with E-state index in [1.807, 2.05) is 13.0 Å². The van der Waals surface area contributed by atoms with Crippen LogP contribution in [0.2, 0.25) is 0 Å². The Morgan fingerprint density at radius 3 is 2.52 bits per heavy atom. The molecule has 1 aromatic carbocycles. The van der Waals surface area contributed by atoms with Gasteiger partial charge in [0, 0.05) is 12.1 Å². The number of rotatable bonds is 6. The molecule has 1 aliphatic heterocycles. The van der Waals surface area contributed by atoms with Crippen molar-refractivity contribution in [2.24, 2.45) is 0 Å². The third-order valence-electron chi connectivity index (χ3n) is 4.21. The first kappa shape index (κ1) is 16.0. The van der Waals surface area contributed by atoms with Gasteiger partial charge in [-0.15, -0.1) is 0 Å². The quantitative estimate of drug-likeness (QED) is 0.746. The lowest BCUT2D eigenvalue weighted by Gasteiger charge is -2.18. The van der Waals surface area contributed by atoms with Crippen LogP contribution in [0, 0.1) is 6.92 Å². The number of likely N-dealkylation sites (tertiary alicyclic amines) is 1. The van der Waals surface area contributed by atoms with Crippen molar-refractivity contribution in [1.82, 2.24) is 4.90 Å². The lowest BCUT2D eigenvalue weighted by atomic mass is 9.93. The molecule has 2 rings (SSSR count). The number of Topliss-reactive ketones (excluding diaryl/α,β-unsaturated/α-hetero) is 1. The van der Waals surface area contributed by atoms with Crippen LogP contribution in [0.3, 0.4) is 0 Å². The Hall–Kier alpha value is -1.35. The highest BCUT2D eigenvalue weighted by atomic mass is 16.5. The van der Waals surface area contributed by atoms with E-state index in [4.69, 9.17) is 4.74 Å². The number of aryl methyl sites for hydroxylation is 1. The molecule has 0 aliphatic carbocycles. The fourth-order valence-electron chi connectivity index (χ4n) is 2.93. The van der Waals surface area contributed by atoms with Crippen molar-refractivity contribution in [3.63, 3.8) is 0 Å². The minimum atomic E-state index is 0.130. The molecule has 0 amide bonds. The molecule has 3 heteroatoms. The van der Waals surface area contributed by atoms with Gasteiger partial charge < -0.3 is 4.74 Å². The topological polar surface area (TPSA) is 29.5 Å². The minimum Gasteiger partial charge on any atom is -0.492 e. The van der Waals surface area contributed by atoms with Gasteiger partial charge in [0.15, 0.2) is 5.78 Å². The highest BCUT2D eigenvalue weighted by Crippen LogP contribution is 2.28. The molecule has 0 aromatic heterocycles. The zero-order valence-corrected chi connectivity index (χ0v) is 13.7. The summed E-state index contributed by atoms with van der Waals surface area (Å²) in [5.41, 5.74) is 2.96. The zero-order valence-electron chi connectivity index (χ0n) is 13.7. The molecule has 3 nitrogen and oxygen atoms in total. The Balaban J connectivity index is 2.08. The van der Waals surface area contributed by atoms with Gasteiger partial charge in [-0.2, -0.15) is 0 Å². The van der Waals surface area contributed by atoms with E-state index in [-0.39, 0.29) is 5.78 Å². The first-order valence-electron chi connectivity index (χ1n) is 7.99. The first-order chi connectivity index (χ1) is 9.99. The van der Waals surface area contributed by atoms with Gasteiger partial charge in [-0.05, 0) is 69.0 Å². The summed E-state index contributed by atoms with van der Waals surface area (Å²) in [5, 5.41) is 0. The fourth-order valence-corrected chi connectivity index (χ4v) is 2.93. The highest BCUT2D eigenvalue weighted by Gasteiger charge is 2.15. The summed E-state index contributed by atoms with van der Waals surface area (Å²) >= 11 is 0. The Bertz CT molecular complexity index is 502. The normalized spacial score (nSPS) is 15.7. The van der Waals surface area contributed by atoms with Gasteiger partial charge in [0.05, 0.1) is 0 Å². The second kappa shape index (κ2) is 7.08. The molecule has 0 radical (unpaired) electrons. The maximum absolute atomic E-state index is 11.8. The second-order valence-electron chi connectivity index (χ2n) is 6.31. The smallest absolute Gasteiger partial charge is 0.160 e. The molecule has 0 spiro atoms. The summed E-state index contributed by atoms with van der Waals surface area (Å²) in [5.74, 6) is 1.37. The number of ether oxygens (including phenoxy) is 1. The molecule has 1 saturated heterocycles. The summed E-state index contributed by atoms with van der Waals surface area (Å²) in [7, 11) is 0. The van der Waals surface area contributed by atoms with E-state index in [0.717, 1.165) is 35.6 Å². The van der Waals surface area contributed by atoms with E-state index in [9.17, 15) is 4.79 Å². The number of carbonyl (C=O) groups is 1. The lowest BCUT2D eigenvalue weighted by molar-refractivity contribution is 0.101. The Labute approximate surface area is 128 Å². The van der Waals surface area contributed by atoms with E-state index < -0.39 is 0 Å². The predicted molar refractivity (Wildman–Crippen MR) is 86.4 cm³/mol. The van der Waals surface area contributed by atoms with Gasteiger partial charge in [-0.25, -0.2) is 0 Å². The van der Waals surface area contributed by atoms with Crippen molar-refractivity contribution in [1.29, 1.82) is 0 Å². The Morgan fingerprint density at radius 2 is 1.95 bits per heavy atom. The molecule has 0 N–H and O–H groups in total. The molecule has 1 fully saturated rings. The molecule has 21 heavy (non-hydrogen) atoms. The Morgan fingerprint density at radius 1 is 1.29 bits per heavy atom. The van der Waals surface area contributed by atoms with Crippen molar-refractivity contribution < 1.29 is 9.53 Å². The maximum Gasteiger partial charge on any atom is 0.160 e. The number of benzene rings is 1. The SMILES string of the molecule is CC(=O)c1cc(C)c(OCCN2CCCC2)cc1C(C)C. The lowest BCUT2D eigenvalue weighted by Crippen LogP contribution is -2.25. The molecule has 116 valence electrons. The average Bonchev–Trinajstić information content (AvgIpc) is 2.92. The number of ketones is 1. The predicted octanol–water partition coefficient (Wildman–Crippen LogP) is 3.80. The van der Waals surface area contributed by atoms with Crippen LogP contribution in [0.15, 0.2) is 12.1 Å². The molecule has 1 aliphatic rings. The summed E-state index contributed by atoms with van der Waals surface area (Å²) < 4.78 is 5.97. The third-order valence-corrected chi connectivity index (χ3v) is 4.21. The van der Waals surface area contributed by atoms with Gasteiger partial charge >= 0.3 is 0 Å². The molecular formula is C18H27NO2. The maximum atomic E-state index is 11.8. The van der Waals surface area contributed by atoms with E-state index >= 15 is 0 Å². The van der Waals surface area contributed by atoms with Gasteiger partial charge in [0.25, 0.3) is 0 Å². The van der Waals surface area contributed by atoms with E-state index in [1.165, 1.54) is 25.9 Å². The van der Waals surface area contributed by atoms with Crippen molar-refractivity contribution in [3.8, 4) is 5.75 Å². The first-order valence-corrected chi connectivity index (χ1v) is 7.99. The number of nitrogens with zero attached hydrogens (tertiary/aromatic N) is 1. The van der Waals surface area contributed by atoms with E-state index in [1.54, 1.807) is 6.92 Å². The second-order valence-corrected chi connectivity index (χ2v) is 6.31. The van der Waals surface area contributed by atoms with Crippen molar-refractivity contribution in [2.45, 2.75) is 46.5 Å². The summed E-state index contributed by atoms with van der Waals surface area (Å²) in [6, 6.07) is 4.03. The van der Waals surface area contributed by atoms with Crippen LogP contribution in [0.1, 0.15) is 61.0 Å². The van der Waals surface area contributed by atoms with Crippen molar-refractivity contribution in [2.75, 3.05) is 26.2 Å². The van der Waals surface area contributed by atoms with Crippen LogP contribution in [0.4, 0.5) is 0 Å². The third kappa shape index (κ3) is 4.07. The van der Waals surface area contributed by atoms with Gasteiger partial charge in [0.1, 0.15) is 12.4 Å². The van der Waals surface area contributed by atoms with Crippen LogP contribution < -0.4 is 4.74 Å².